The quantitative estimate of drug-likeness (QED) is 0.401. The van der Waals surface area contributed by atoms with Crippen LogP contribution < -0.4 is 9.47 Å². The Balaban J connectivity index is 0.00000240. The molecule has 0 fully saturated rings. The van der Waals surface area contributed by atoms with Gasteiger partial charge in [-0.2, -0.15) is 0 Å². The molecule has 0 saturated heterocycles. The van der Waals surface area contributed by atoms with Crippen molar-refractivity contribution in [2.75, 3.05) is 0 Å². The molecule has 0 N–H and O–H groups in total. The number of hydrogen-bond acceptors (Lipinski definition) is 5. The molecular weight excluding hydrogens is 388 g/mol. The number of rotatable bonds is 4. The summed E-state index contributed by atoms with van der Waals surface area (Å²) >= 11 is 0. The predicted octanol–water partition coefficient (Wildman–Crippen LogP) is 5.81. The standard InChI is InChI=1S/C23H16N2O3.ClH/c26-23(27-20-13-7-8-15-24-20)28-22-21(18-11-5-2-6-12-18)19(14-16-25-22)17-9-3-1-4-10-17;/h1-16H;1H. The molecule has 6 heteroatoms. The summed E-state index contributed by atoms with van der Waals surface area (Å²) in [5.41, 5.74) is 3.50. The van der Waals surface area contributed by atoms with Gasteiger partial charge in [-0.15, -0.1) is 12.4 Å². The van der Waals surface area contributed by atoms with E-state index in [0.29, 0.717) is 5.56 Å². The zero-order valence-electron chi connectivity index (χ0n) is 15.3. The van der Waals surface area contributed by atoms with Crippen LogP contribution in [0.1, 0.15) is 0 Å². The summed E-state index contributed by atoms with van der Waals surface area (Å²) in [5.74, 6) is 0.335. The summed E-state index contributed by atoms with van der Waals surface area (Å²) in [4.78, 5) is 20.5. The number of carbonyl (C=O) groups is 1. The number of nitrogens with zero attached hydrogens (tertiary/aromatic N) is 2. The van der Waals surface area contributed by atoms with E-state index in [1.54, 1.807) is 24.4 Å². The molecule has 4 aromatic rings. The summed E-state index contributed by atoms with van der Waals surface area (Å²) in [6, 6.07) is 26.5. The zero-order valence-corrected chi connectivity index (χ0v) is 16.1. The van der Waals surface area contributed by atoms with Crippen molar-refractivity contribution in [3.05, 3.63) is 97.3 Å². The fourth-order valence-corrected chi connectivity index (χ4v) is 2.85. The number of ether oxygens (including phenoxy) is 2. The predicted molar refractivity (Wildman–Crippen MR) is 113 cm³/mol. The largest absolute Gasteiger partial charge is 0.522 e. The van der Waals surface area contributed by atoms with Crippen molar-refractivity contribution < 1.29 is 14.3 Å². The molecule has 29 heavy (non-hydrogen) atoms. The molecule has 0 unspecified atom stereocenters. The molecule has 4 rings (SSSR count). The number of hydrogen-bond donors (Lipinski definition) is 0. The van der Waals surface area contributed by atoms with Crippen molar-refractivity contribution in [3.8, 4) is 34.0 Å². The monoisotopic (exact) mass is 404 g/mol. The van der Waals surface area contributed by atoms with Crippen LogP contribution in [-0.2, 0) is 0 Å². The summed E-state index contributed by atoms with van der Waals surface area (Å²) < 4.78 is 10.6. The number of halogens is 1. The van der Waals surface area contributed by atoms with E-state index in [0.717, 1.165) is 16.7 Å². The molecule has 0 amide bonds. The summed E-state index contributed by atoms with van der Waals surface area (Å²) in [7, 11) is 0. The Labute approximate surface area is 174 Å². The van der Waals surface area contributed by atoms with Crippen molar-refractivity contribution >= 4 is 18.6 Å². The molecule has 0 bridgehead atoms. The van der Waals surface area contributed by atoms with Crippen molar-refractivity contribution in [1.82, 2.24) is 9.97 Å². The molecule has 0 atom stereocenters. The van der Waals surface area contributed by atoms with Crippen LogP contribution in [0.4, 0.5) is 4.79 Å². The number of carbonyl (C=O) groups excluding carboxylic acids is 1. The van der Waals surface area contributed by atoms with E-state index in [-0.39, 0.29) is 24.2 Å². The SMILES string of the molecule is Cl.O=C(Oc1ccccn1)Oc1nccc(-c2ccccc2)c1-c1ccccc1. The topological polar surface area (TPSA) is 61.3 Å². The first-order chi connectivity index (χ1) is 13.8. The molecule has 2 heterocycles. The minimum Gasteiger partial charge on any atom is -0.376 e. The molecule has 2 aromatic carbocycles. The van der Waals surface area contributed by atoms with Crippen LogP contribution in [-0.4, -0.2) is 16.1 Å². The van der Waals surface area contributed by atoms with Crippen molar-refractivity contribution in [3.63, 3.8) is 0 Å². The molecule has 0 saturated carbocycles. The van der Waals surface area contributed by atoms with Gasteiger partial charge >= 0.3 is 6.16 Å². The maximum atomic E-state index is 12.3. The lowest BCUT2D eigenvalue weighted by molar-refractivity contribution is 0.148. The van der Waals surface area contributed by atoms with Gasteiger partial charge in [0.2, 0.25) is 11.8 Å². The molecule has 0 spiro atoms. The van der Waals surface area contributed by atoms with Gasteiger partial charge in [0.1, 0.15) is 0 Å². The van der Waals surface area contributed by atoms with Gasteiger partial charge in [0.15, 0.2) is 0 Å². The van der Waals surface area contributed by atoms with Crippen molar-refractivity contribution in [1.29, 1.82) is 0 Å². The van der Waals surface area contributed by atoms with Gasteiger partial charge < -0.3 is 9.47 Å². The van der Waals surface area contributed by atoms with E-state index in [9.17, 15) is 4.79 Å². The highest BCUT2D eigenvalue weighted by molar-refractivity contribution is 5.87. The molecule has 0 aliphatic heterocycles. The smallest absolute Gasteiger partial charge is 0.376 e. The van der Waals surface area contributed by atoms with Gasteiger partial charge in [-0.1, -0.05) is 66.7 Å². The Kier molecular flexibility index (Phi) is 6.55. The van der Waals surface area contributed by atoms with E-state index in [1.165, 1.54) is 6.20 Å². The normalized spacial score (nSPS) is 9.93. The van der Waals surface area contributed by atoms with Gasteiger partial charge in [-0.25, -0.2) is 14.8 Å². The maximum absolute atomic E-state index is 12.3. The lowest BCUT2D eigenvalue weighted by Crippen LogP contribution is -2.15. The minimum absolute atomic E-state index is 0. The second kappa shape index (κ2) is 9.48. The van der Waals surface area contributed by atoms with E-state index in [4.69, 9.17) is 9.47 Å². The van der Waals surface area contributed by atoms with Crippen LogP contribution in [0.2, 0.25) is 0 Å². The van der Waals surface area contributed by atoms with E-state index in [2.05, 4.69) is 9.97 Å². The van der Waals surface area contributed by atoms with E-state index < -0.39 is 6.16 Å². The van der Waals surface area contributed by atoms with Crippen LogP contribution in [0.25, 0.3) is 22.3 Å². The second-order valence-corrected chi connectivity index (χ2v) is 5.89. The lowest BCUT2D eigenvalue weighted by atomic mass is 9.96. The molecule has 144 valence electrons. The van der Waals surface area contributed by atoms with Gasteiger partial charge in [0.05, 0.1) is 5.56 Å². The maximum Gasteiger partial charge on any atom is 0.522 e. The Morgan fingerprint density at radius 1 is 0.655 bits per heavy atom. The highest BCUT2D eigenvalue weighted by atomic mass is 35.5. The number of benzene rings is 2. The second-order valence-electron chi connectivity index (χ2n) is 5.89. The molecule has 0 aliphatic rings. The third-order valence-electron chi connectivity index (χ3n) is 4.07. The third kappa shape index (κ3) is 4.78. The fraction of sp³-hybridized carbons (Fsp3) is 0. The van der Waals surface area contributed by atoms with Crippen molar-refractivity contribution in [2.45, 2.75) is 0 Å². The zero-order chi connectivity index (χ0) is 19.2. The highest BCUT2D eigenvalue weighted by Gasteiger charge is 2.18. The van der Waals surface area contributed by atoms with Gasteiger partial charge in [-0.3, -0.25) is 0 Å². The van der Waals surface area contributed by atoms with Crippen LogP contribution in [0.5, 0.6) is 11.8 Å². The average Bonchev–Trinajstić information content (AvgIpc) is 2.75. The van der Waals surface area contributed by atoms with Gasteiger partial charge in [0, 0.05) is 18.5 Å². The fourth-order valence-electron chi connectivity index (χ4n) is 2.85. The molecule has 0 aliphatic carbocycles. The average molecular weight is 405 g/mol. The molecule has 2 aromatic heterocycles. The molecular formula is C23H17ClN2O3. The first kappa shape index (κ1) is 20.0. The third-order valence-corrected chi connectivity index (χ3v) is 4.07. The Hall–Kier alpha value is -3.70. The highest BCUT2D eigenvalue weighted by Crippen LogP contribution is 2.37. The Bertz CT molecular complexity index is 1080. The summed E-state index contributed by atoms with van der Waals surface area (Å²) in [6.45, 7) is 0. The number of aromatic nitrogens is 2. The van der Waals surface area contributed by atoms with Crippen LogP contribution >= 0.6 is 12.4 Å². The molecule has 0 radical (unpaired) electrons. The van der Waals surface area contributed by atoms with Crippen LogP contribution in [0.15, 0.2) is 97.3 Å². The van der Waals surface area contributed by atoms with Gasteiger partial charge in [-0.05, 0) is 28.8 Å². The minimum atomic E-state index is -0.895. The Morgan fingerprint density at radius 2 is 1.31 bits per heavy atom. The van der Waals surface area contributed by atoms with E-state index >= 15 is 0 Å². The van der Waals surface area contributed by atoms with E-state index in [1.807, 2.05) is 66.7 Å². The summed E-state index contributed by atoms with van der Waals surface area (Å²) in [5, 5.41) is 0. The number of pyridine rings is 2. The van der Waals surface area contributed by atoms with Crippen molar-refractivity contribution in [2.24, 2.45) is 0 Å². The Morgan fingerprint density at radius 3 is 1.97 bits per heavy atom. The molecule has 5 nitrogen and oxygen atoms in total. The first-order valence-electron chi connectivity index (χ1n) is 8.72. The lowest BCUT2D eigenvalue weighted by Gasteiger charge is -2.14. The first-order valence-corrected chi connectivity index (χ1v) is 8.72. The van der Waals surface area contributed by atoms with Crippen LogP contribution in [0, 0.1) is 0 Å². The van der Waals surface area contributed by atoms with Gasteiger partial charge in [0.25, 0.3) is 0 Å². The van der Waals surface area contributed by atoms with Crippen LogP contribution in [0.3, 0.4) is 0 Å². The summed E-state index contributed by atoms with van der Waals surface area (Å²) in [6.07, 6.45) is 2.25.